The Hall–Kier alpha value is -1.51. The number of hydrogen-bond donors (Lipinski definition) is 3. The predicted octanol–water partition coefficient (Wildman–Crippen LogP) is 1.42. The summed E-state index contributed by atoms with van der Waals surface area (Å²) in [4.78, 5) is 12.5. The summed E-state index contributed by atoms with van der Waals surface area (Å²) in [5.74, 6) is -0.455. The summed E-state index contributed by atoms with van der Waals surface area (Å²) in [5.41, 5.74) is -0.0904. The van der Waals surface area contributed by atoms with E-state index in [2.05, 4.69) is 13.8 Å². The van der Waals surface area contributed by atoms with Crippen molar-refractivity contribution in [2.75, 3.05) is 13.2 Å². The van der Waals surface area contributed by atoms with Crippen molar-refractivity contribution in [2.45, 2.75) is 76.2 Å². The molecule has 0 aromatic rings. The molecule has 0 aromatic carbocycles. The molecule has 4 aliphatic rings. The molecule has 2 heterocycles. The minimum atomic E-state index is -0.984. The number of ether oxygens (including phenoxy) is 3. The standard InChI is InChI=1S/C23H32O7/c1-14(25)16(26)6-4-5-7-20(27)30-18-11-19-23(13-28-23)22(18,3)21(2)9-8-15(12-24)10-17(21)29-19/h4-7,10,14,16-19,24-26H,8-9,11-13H2,1-3H3. The van der Waals surface area contributed by atoms with Gasteiger partial charge in [0.1, 0.15) is 11.7 Å². The first-order chi connectivity index (χ1) is 14.2. The molecule has 2 saturated heterocycles. The molecule has 2 bridgehead atoms. The van der Waals surface area contributed by atoms with E-state index in [0.717, 1.165) is 18.4 Å². The van der Waals surface area contributed by atoms with Crippen LogP contribution in [0.15, 0.2) is 36.0 Å². The van der Waals surface area contributed by atoms with Gasteiger partial charge in [-0.3, -0.25) is 0 Å². The van der Waals surface area contributed by atoms with Gasteiger partial charge in [-0.15, -0.1) is 0 Å². The molecular weight excluding hydrogens is 388 g/mol. The zero-order valence-corrected chi connectivity index (χ0v) is 17.8. The summed E-state index contributed by atoms with van der Waals surface area (Å²) < 4.78 is 18.3. The van der Waals surface area contributed by atoms with E-state index in [0.29, 0.717) is 13.0 Å². The monoisotopic (exact) mass is 420 g/mol. The van der Waals surface area contributed by atoms with E-state index in [-0.39, 0.29) is 30.3 Å². The smallest absolute Gasteiger partial charge is 0.331 e. The Labute approximate surface area is 177 Å². The molecule has 0 aromatic heterocycles. The minimum absolute atomic E-state index is 0.0411. The second-order valence-electron chi connectivity index (χ2n) is 9.46. The van der Waals surface area contributed by atoms with Crippen molar-refractivity contribution in [1.29, 1.82) is 0 Å². The summed E-state index contributed by atoms with van der Waals surface area (Å²) in [6.45, 7) is 6.48. The lowest BCUT2D eigenvalue weighted by molar-refractivity contribution is -0.209. The largest absolute Gasteiger partial charge is 0.458 e. The van der Waals surface area contributed by atoms with Gasteiger partial charge in [0.15, 0.2) is 0 Å². The maximum Gasteiger partial charge on any atom is 0.331 e. The average Bonchev–Trinajstić information content (AvgIpc) is 3.48. The average molecular weight is 421 g/mol. The van der Waals surface area contributed by atoms with Crippen molar-refractivity contribution in [1.82, 2.24) is 0 Å². The molecule has 3 fully saturated rings. The lowest BCUT2D eigenvalue weighted by Crippen LogP contribution is -2.63. The molecular formula is C23H32O7. The Morgan fingerprint density at radius 1 is 1.37 bits per heavy atom. The van der Waals surface area contributed by atoms with Crippen LogP contribution in [0.2, 0.25) is 0 Å². The van der Waals surface area contributed by atoms with Crippen LogP contribution in [0.4, 0.5) is 0 Å². The van der Waals surface area contributed by atoms with Gasteiger partial charge >= 0.3 is 5.97 Å². The van der Waals surface area contributed by atoms with Gasteiger partial charge in [0.2, 0.25) is 0 Å². The number of hydrogen-bond acceptors (Lipinski definition) is 7. The molecule has 1 spiro atoms. The fourth-order valence-electron chi connectivity index (χ4n) is 5.72. The topological polar surface area (TPSA) is 109 Å². The lowest BCUT2D eigenvalue weighted by atomic mass is 9.52. The summed E-state index contributed by atoms with van der Waals surface area (Å²) in [6.07, 6.45) is 7.53. The van der Waals surface area contributed by atoms with Crippen LogP contribution in [-0.4, -0.2) is 70.6 Å². The van der Waals surface area contributed by atoms with Crippen LogP contribution in [0.25, 0.3) is 0 Å². The third-order valence-electron chi connectivity index (χ3n) is 8.01. The van der Waals surface area contributed by atoms with Crippen LogP contribution < -0.4 is 0 Å². The Kier molecular flexibility index (Phi) is 5.48. The normalized spacial score (nSPS) is 44.2. The first-order valence-corrected chi connectivity index (χ1v) is 10.7. The molecule has 2 aliphatic carbocycles. The molecule has 8 atom stereocenters. The van der Waals surface area contributed by atoms with Crippen LogP contribution in [-0.2, 0) is 19.0 Å². The van der Waals surface area contributed by atoms with Gasteiger partial charge in [-0.2, -0.15) is 0 Å². The zero-order chi connectivity index (χ0) is 21.7. The number of rotatable bonds is 6. The fourth-order valence-corrected chi connectivity index (χ4v) is 5.72. The van der Waals surface area contributed by atoms with E-state index in [1.165, 1.54) is 31.2 Å². The van der Waals surface area contributed by atoms with Crippen molar-refractivity contribution < 1.29 is 34.3 Å². The minimum Gasteiger partial charge on any atom is -0.458 e. The molecule has 7 nitrogen and oxygen atoms in total. The first kappa shape index (κ1) is 21.7. The molecule has 166 valence electrons. The third-order valence-corrected chi connectivity index (χ3v) is 8.01. The van der Waals surface area contributed by atoms with Gasteiger partial charge in [-0.25, -0.2) is 4.79 Å². The van der Waals surface area contributed by atoms with Gasteiger partial charge < -0.3 is 29.5 Å². The molecule has 0 amide bonds. The van der Waals surface area contributed by atoms with E-state index < -0.39 is 29.2 Å². The highest BCUT2D eigenvalue weighted by Gasteiger charge is 2.81. The van der Waals surface area contributed by atoms with Gasteiger partial charge in [-0.1, -0.05) is 38.2 Å². The van der Waals surface area contributed by atoms with Crippen molar-refractivity contribution in [3.05, 3.63) is 36.0 Å². The molecule has 4 rings (SSSR count). The van der Waals surface area contributed by atoms with E-state index in [1.54, 1.807) is 0 Å². The molecule has 1 saturated carbocycles. The van der Waals surface area contributed by atoms with Gasteiger partial charge in [-0.05, 0) is 25.3 Å². The SMILES string of the molecule is CC(O)C(O)C=CC=CC(=O)OC1CC2OC3C=C(CO)CCC3(C)C1(C)C21CO1. The maximum atomic E-state index is 12.5. The number of aliphatic hydroxyl groups excluding tert-OH is 3. The lowest BCUT2D eigenvalue weighted by Gasteiger charge is -2.57. The van der Waals surface area contributed by atoms with Crippen LogP contribution in [0, 0.1) is 10.8 Å². The highest BCUT2D eigenvalue weighted by Crippen LogP contribution is 2.71. The first-order valence-electron chi connectivity index (χ1n) is 10.7. The van der Waals surface area contributed by atoms with Crippen molar-refractivity contribution in [3.63, 3.8) is 0 Å². The van der Waals surface area contributed by atoms with Crippen molar-refractivity contribution >= 4 is 5.97 Å². The summed E-state index contributed by atoms with van der Waals surface area (Å²) in [7, 11) is 0. The number of carbonyl (C=O) groups excluding carboxylic acids is 1. The van der Waals surface area contributed by atoms with E-state index in [4.69, 9.17) is 14.2 Å². The number of allylic oxidation sites excluding steroid dienone is 2. The number of carbonyl (C=O) groups is 1. The van der Waals surface area contributed by atoms with E-state index in [9.17, 15) is 20.1 Å². The Bertz CT molecular complexity index is 780. The maximum absolute atomic E-state index is 12.5. The molecule has 3 N–H and O–H groups in total. The van der Waals surface area contributed by atoms with Crippen molar-refractivity contribution in [2.24, 2.45) is 10.8 Å². The second-order valence-corrected chi connectivity index (χ2v) is 9.46. The number of esters is 1. The number of aliphatic hydroxyl groups is 3. The molecule has 7 heteroatoms. The van der Waals surface area contributed by atoms with E-state index >= 15 is 0 Å². The summed E-state index contributed by atoms with van der Waals surface area (Å²) in [6, 6.07) is 0. The molecule has 8 unspecified atom stereocenters. The third kappa shape index (κ3) is 3.10. The van der Waals surface area contributed by atoms with Crippen LogP contribution in [0.5, 0.6) is 0 Å². The Morgan fingerprint density at radius 2 is 2.10 bits per heavy atom. The summed E-state index contributed by atoms with van der Waals surface area (Å²) >= 11 is 0. The van der Waals surface area contributed by atoms with E-state index in [1.807, 2.05) is 6.08 Å². The van der Waals surface area contributed by atoms with Crippen LogP contribution in [0.3, 0.4) is 0 Å². The van der Waals surface area contributed by atoms with Crippen molar-refractivity contribution in [3.8, 4) is 0 Å². The highest BCUT2D eigenvalue weighted by atomic mass is 16.6. The quantitative estimate of drug-likeness (QED) is 0.196. The number of fused-ring (bicyclic) bond motifs is 2. The van der Waals surface area contributed by atoms with Crippen LogP contribution >= 0.6 is 0 Å². The molecule has 0 radical (unpaired) electrons. The number of epoxide rings is 1. The van der Waals surface area contributed by atoms with Gasteiger partial charge in [0, 0.05) is 23.3 Å². The summed E-state index contributed by atoms with van der Waals surface area (Å²) in [5, 5.41) is 28.4. The highest BCUT2D eigenvalue weighted by molar-refractivity contribution is 5.82. The Morgan fingerprint density at radius 3 is 2.73 bits per heavy atom. The van der Waals surface area contributed by atoms with Crippen LogP contribution in [0.1, 0.15) is 40.0 Å². The van der Waals surface area contributed by atoms with Gasteiger partial charge in [0.05, 0.1) is 37.6 Å². The van der Waals surface area contributed by atoms with Gasteiger partial charge in [0.25, 0.3) is 0 Å². The fraction of sp³-hybridized carbons (Fsp3) is 0.696. The Balaban J connectivity index is 1.52. The second kappa shape index (κ2) is 7.57. The molecule has 2 aliphatic heterocycles. The zero-order valence-electron chi connectivity index (χ0n) is 17.8. The molecule has 30 heavy (non-hydrogen) atoms. The predicted molar refractivity (Wildman–Crippen MR) is 108 cm³/mol.